The number of nitrogens with one attached hydrogen (secondary N) is 1. The first kappa shape index (κ1) is 12.3. The van der Waals surface area contributed by atoms with Crippen LogP contribution in [0, 0.1) is 0 Å². The fourth-order valence-electron chi connectivity index (χ4n) is 1.09. The second-order valence-electron chi connectivity index (χ2n) is 2.92. The molecule has 1 aromatic carbocycles. The molecule has 7 nitrogen and oxygen atoms in total. The van der Waals surface area contributed by atoms with Gasteiger partial charge in [-0.05, 0) is 12.1 Å². The quantitative estimate of drug-likeness (QED) is 0.502. The smallest absolute Gasteiger partial charge is 0.296 e. The summed E-state index contributed by atoms with van der Waals surface area (Å²) in [5, 5.41) is 10.7. The highest BCUT2D eigenvalue weighted by molar-refractivity contribution is 7.86. The highest BCUT2D eigenvalue weighted by atomic mass is 32.2. The van der Waals surface area contributed by atoms with Crippen LogP contribution in [0.3, 0.4) is 0 Å². The maximum absolute atomic E-state index is 11.0. The van der Waals surface area contributed by atoms with Crippen LogP contribution in [-0.4, -0.2) is 20.1 Å². The van der Waals surface area contributed by atoms with Crippen molar-refractivity contribution in [2.24, 2.45) is 10.3 Å². The molecule has 0 bridgehead atoms. The first-order valence-corrected chi connectivity index (χ1v) is 5.65. The molecule has 1 aliphatic rings. The number of Topliss-reactive ketones (excluding diaryl/α,β-unsaturated/α-hetero) is 1. The van der Waals surface area contributed by atoms with Gasteiger partial charge in [0.05, 0.1) is 11.3 Å². The van der Waals surface area contributed by atoms with Gasteiger partial charge in [0.1, 0.15) is 0 Å². The summed E-state index contributed by atoms with van der Waals surface area (Å²) < 4.78 is 18.4. The SMILES string of the molecule is NS(N)(=O)=O.O=C1Nc2ccccc2C1=O. The van der Waals surface area contributed by atoms with E-state index in [0.717, 1.165) is 0 Å². The molecule has 5 N–H and O–H groups in total. The largest absolute Gasteiger partial charge is 0.318 e. The van der Waals surface area contributed by atoms with Gasteiger partial charge in [-0.25, -0.2) is 10.3 Å². The third kappa shape index (κ3) is 3.42. The van der Waals surface area contributed by atoms with Crippen LogP contribution in [0.1, 0.15) is 10.4 Å². The molecule has 0 fully saturated rings. The van der Waals surface area contributed by atoms with Crippen LogP contribution in [0.15, 0.2) is 24.3 Å². The minimum absolute atomic E-state index is 0.444. The van der Waals surface area contributed by atoms with Crippen molar-refractivity contribution in [2.75, 3.05) is 5.32 Å². The Morgan fingerprint density at radius 3 is 2.06 bits per heavy atom. The Labute approximate surface area is 91.6 Å². The lowest BCUT2D eigenvalue weighted by atomic mass is 10.1. The van der Waals surface area contributed by atoms with Gasteiger partial charge in [-0.1, -0.05) is 12.1 Å². The minimum atomic E-state index is -3.67. The van der Waals surface area contributed by atoms with Crippen LogP contribution < -0.4 is 15.6 Å². The zero-order valence-electron chi connectivity index (χ0n) is 8.01. The lowest BCUT2D eigenvalue weighted by Crippen LogP contribution is -2.21. The molecular weight excluding hydrogens is 234 g/mol. The molecule has 1 heterocycles. The number of hydrogen-bond acceptors (Lipinski definition) is 4. The van der Waals surface area contributed by atoms with Crippen molar-refractivity contribution in [1.29, 1.82) is 0 Å². The molecule has 0 saturated carbocycles. The molecule has 0 aliphatic carbocycles. The van der Waals surface area contributed by atoms with Crippen molar-refractivity contribution in [3.05, 3.63) is 29.8 Å². The Bertz CT molecular complexity index is 530. The fourth-order valence-corrected chi connectivity index (χ4v) is 1.09. The van der Waals surface area contributed by atoms with Crippen LogP contribution >= 0.6 is 0 Å². The molecule has 0 atom stereocenters. The molecule has 0 radical (unpaired) electrons. The van der Waals surface area contributed by atoms with Crippen molar-refractivity contribution >= 4 is 27.6 Å². The Hall–Kier alpha value is -1.77. The summed E-state index contributed by atoms with van der Waals surface area (Å²) in [6.07, 6.45) is 0. The highest BCUT2D eigenvalue weighted by Gasteiger charge is 2.26. The summed E-state index contributed by atoms with van der Waals surface area (Å²) in [6.45, 7) is 0. The number of carbonyl (C=O) groups excluding carboxylic acids is 2. The average molecular weight is 243 g/mol. The predicted octanol–water partition coefficient (Wildman–Crippen LogP) is -1.03. The van der Waals surface area contributed by atoms with E-state index in [4.69, 9.17) is 0 Å². The van der Waals surface area contributed by atoms with Crippen LogP contribution in [0.5, 0.6) is 0 Å². The molecule has 1 aliphatic heterocycles. The van der Waals surface area contributed by atoms with Gasteiger partial charge in [-0.2, -0.15) is 8.42 Å². The summed E-state index contributed by atoms with van der Waals surface area (Å²) in [4.78, 5) is 21.8. The third-order valence-corrected chi connectivity index (χ3v) is 1.63. The standard InChI is InChI=1S/C8H5NO2.H4N2O2S/c10-7-5-3-1-2-4-6(5)9-8(7)11;1-5(2,3)4/h1-4H,(H,9,10,11);(H4,1,2,3,4). The number of rotatable bonds is 0. The summed E-state index contributed by atoms with van der Waals surface area (Å²) in [5.74, 6) is -0.980. The molecule has 86 valence electrons. The van der Waals surface area contributed by atoms with Gasteiger partial charge in [0.15, 0.2) is 0 Å². The molecule has 2 rings (SSSR count). The molecule has 0 unspecified atom stereocenters. The van der Waals surface area contributed by atoms with Gasteiger partial charge < -0.3 is 5.32 Å². The lowest BCUT2D eigenvalue weighted by molar-refractivity contribution is -0.112. The summed E-state index contributed by atoms with van der Waals surface area (Å²) in [5.41, 5.74) is 1.08. The Morgan fingerprint density at radius 2 is 1.56 bits per heavy atom. The molecule has 0 saturated heterocycles. The highest BCUT2D eigenvalue weighted by Crippen LogP contribution is 2.21. The fraction of sp³-hybridized carbons (Fsp3) is 0. The van der Waals surface area contributed by atoms with Gasteiger partial charge in [0.25, 0.3) is 21.9 Å². The maximum atomic E-state index is 11.0. The molecular formula is C8H9N3O4S. The van der Waals surface area contributed by atoms with Crippen molar-refractivity contribution in [2.45, 2.75) is 0 Å². The lowest BCUT2D eigenvalue weighted by Gasteiger charge is -1.91. The Morgan fingerprint density at radius 1 is 1.06 bits per heavy atom. The van der Waals surface area contributed by atoms with Crippen LogP contribution in [0.2, 0.25) is 0 Å². The number of anilines is 1. The van der Waals surface area contributed by atoms with E-state index in [1.807, 2.05) is 0 Å². The summed E-state index contributed by atoms with van der Waals surface area (Å²) >= 11 is 0. The van der Waals surface area contributed by atoms with Gasteiger partial charge >= 0.3 is 0 Å². The second-order valence-corrected chi connectivity index (χ2v) is 4.10. The van der Waals surface area contributed by atoms with E-state index in [1.54, 1.807) is 24.3 Å². The van der Waals surface area contributed by atoms with Gasteiger partial charge in [0.2, 0.25) is 0 Å². The first-order valence-electron chi connectivity index (χ1n) is 4.04. The molecule has 8 heteroatoms. The van der Waals surface area contributed by atoms with Gasteiger partial charge in [-0.15, -0.1) is 0 Å². The van der Waals surface area contributed by atoms with E-state index in [9.17, 15) is 18.0 Å². The van der Waals surface area contributed by atoms with Crippen LogP contribution in [0.4, 0.5) is 5.69 Å². The first-order chi connectivity index (χ1) is 7.29. The van der Waals surface area contributed by atoms with Crippen molar-refractivity contribution in [3.8, 4) is 0 Å². The molecule has 0 aromatic heterocycles. The third-order valence-electron chi connectivity index (χ3n) is 1.63. The van der Waals surface area contributed by atoms with E-state index < -0.39 is 21.9 Å². The molecule has 16 heavy (non-hydrogen) atoms. The maximum Gasteiger partial charge on any atom is 0.296 e. The van der Waals surface area contributed by atoms with E-state index >= 15 is 0 Å². The normalized spacial score (nSPS) is 13.6. The number of nitrogens with two attached hydrogens (primary N) is 2. The number of fused-ring (bicyclic) bond motifs is 1. The summed E-state index contributed by atoms with van der Waals surface area (Å²) in [6, 6.07) is 6.85. The van der Waals surface area contributed by atoms with E-state index in [0.29, 0.717) is 11.3 Å². The van der Waals surface area contributed by atoms with E-state index in [1.165, 1.54) is 0 Å². The Kier molecular flexibility index (Phi) is 3.38. The van der Waals surface area contributed by atoms with Crippen molar-refractivity contribution in [1.82, 2.24) is 0 Å². The number of amides is 1. The minimum Gasteiger partial charge on any atom is -0.318 e. The monoisotopic (exact) mass is 243 g/mol. The topological polar surface area (TPSA) is 132 Å². The predicted molar refractivity (Wildman–Crippen MR) is 56.7 cm³/mol. The van der Waals surface area contributed by atoms with Crippen LogP contribution in [0.25, 0.3) is 0 Å². The average Bonchev–Trinajstić information content (AvgIpc) is 2.41. The van der Waals surface area contributed by atoms with E-state index in [2.05, 4.69) is 15.6 Å². The van der Waals surface area contributed by atoms with Crippen molar-refractivity contribution < 1.29 is 18.0 Å². The number of para-hydroxylation sites is 1. The van der Waals surface area contributed by atoms with Crippen molar-refractivity contribution in [3.63, 3.8) is 0 Å². The van der Waals surface area contributed by atoms with Crippen LogP contribution in [-0.2, 0) is 15.0 Å². The van der Waals surface area contributed by atoms with E-state index in [-0.39, 0.29) is 0 Å². The molecule has 0 spiro atoms. The zero-order valence-corrected chi connectivity index (χ0v) is 8.82. The van der Waals surface area contributed by atoms with Gasteiger partial charge in [0, 0.05) is 0 Å². The Balaban J connectivity index is 0.000000221. The number of ketones is 1. The number of benzene rings is 1. The number of hydrogen-bond donors (Lipinski definition) is 3. The zero-order chi connectivity index (χ0) is 12.3. The molecule has 1 amide bonds. The summed E-state index contributed by atoms with van der Waals surface area (Å²) in [7, 11) is -3.67. The second kappa shape index (κ2) is 4.39. The molecule has 1 aromatic rings. The number of carbonyl (C=O) groups is 2. The van der Waals surface area contributed by atoms with Gasteiger partial charge in [-0.3, -0.25) is 9.59 Å².